The molecule has 114 valence electrons. The van der Waals surface area contributed by atoms with E-state index >= 15 is 0 Å². The van der Waals surface area contributed by atoms with Crippen LogP contribution in [0.4, 0.5) is 0 Å². The van der Waals surface area contributed by atoms with Crippen LogP contribution in [0.25, 0.3) is 10.9 Å². The number of carbonyl (C=O) groups excluding carboxylic acids is 2. The maximum Gasteiger partial charge on any atom is 0.380 e. The second-order valence-electron chi connectivity index (χ2n) is 4.91. The molecule has 0 spiro atoms. The molecule has 5 heteroatoms. The van der Waals surface area contributed by atoms with Crippen molar-refractivity contribution in [1.29, 1.82) is 0 Å². The van der Waals surface area contributed by atoms with Crippen molar-refractivity contribution in [3.05, 3.63) is 76.9 Å². The standard InChI is InChI=1S/C18H12ClNO3/c19-15-8-2-5-13(10-15)17(21)18(22)23-11-14-6-1-4-12-7-3-9-20-16(12)14/h1-10H,11H2. The van der Waals surface area contributed by atoms with Crippen LogP contribution in [0.1, 0.15) is 15.9 Å². The number of ether oxygens (including phenoxy) is 1. The summed E-state index contributed by atoms with van der Waals surface area (Å²) in [4.78, 5) is 28.2. The van der Waals surface area contributed by atoms with Gasteiger partial charge in [-0.1, -0.05) is 48.0 Å². The number of para-hydroxylation sites is 1. The zero-order valence-corrected chi connectivity index (χ0v) is 12.8. The summed E-state index contributed by atoms with van der Waals surface area (Å²) in [5.74, 6) is -1.64. The first-order valence-corrected chi connectivity index (χ1v) is 7.32. The third kappa shape index (κ3) is 3.38. The number of fused-ring (bicyclic) bond motifs is 1. The molecule has 0 unspecified atom stereocenters. The number of hydrogen-bond acceptors (Lipinski definition) is 4. The van der Waals surface area contributed by atoms with E-state index < -0.39 is 11.8 Å². The fourth-order valence-corrected chi connectivity index (χ4v) is 2.43. The maximum atomic E-state index is 12.0. The molecule has 0 aliphatic rings. The molecule has 0 saturated carbocycles. The Hall–Kier alpha value is -2.72. The second kappa shape index (κ2) is 6.58. The molecule has 0 bridgehead atoms. The molecule has 1 heterocycles. The minimum Gasteiger partial charge on any atom is -0.455 e. The fraction of sp³-hybridized carbons (Fsp3) is 0.0556. The molecule has 0 atom stereocenters. The minimum atomic E-state index is -0.916. The lowest BCUT2D eigenvalue weighted by Crippen LogP contribution is -2.17. The van der Waals surface area contributed by atoms with Crippen molar-refractivity contribution in [2.45, 2.75) is 6.61 Å². The van der Waals surface area contributed by atoms with E-state index in [-0.39, 0.29) is 12.2 Å². The molecule has 0 saturated heterocycles. The smallest absolute Gasteiger partial charge is 0.380 e. The van der Waals surface area contributed by atoms with E-state index in [2.05, 4.69) is 4.98 Å². The van der Waals surface area contributed by atoms with Crippen molar-refractivity contribution in [3.8, 4) is 0 Å². The van der Waals surface area contributed by atoms with Gasteiger partial charge in [-0.05, 0) is 18.2 Å². The normalized spacial score (nSPS) is 10.5. The van der Waals surface area contributed by atoms with Crippen molar-refractivity contribution in [2.24, 2.45) is 0 Å². The Bertz CT molecular complexity index is 887. The largest absolute Gasteiger partial charge is 0.455 e. The summed E-state index contributed by atoms with van der Waals surface area (Å²) in [5, 5.41) is 1.34. The van der Waals surface area contributed by atoms with E-state index in [0.717, 1.165) is 16.5 Å². The molecule has 0 radical (unpaired) electrons. The molecule has 0 amide bonds. The molecule has 2 aromatic carbocycles. The molecule has 0 N–H and O–H groups in total. The van der Waals surface area contributed by atoms with Crippen LogP contribution in [0.5, 0.6) is 0 Å². The number of benzene rings is 2. The van der Waals surface area contributed by atoms with Crippen LogP contribution >= 0.6 is 11.6 Å². The van der Waals surface area contributed by atoms with Gasteiger partial charge in [0, 0.05) is 27.7 Å². The van der Waals surface area contributed by atoms with Crippen molar-refractivity contribution in [2.75, 3.05) is 0 Å². The fourth-order valence-electron chi connectivity index (χ4n) is 2.24. The van der Waals surface area contributed by atoms with Crippen LogP contribution in [-0.2, 0) is 16.1 Å². The van der Waals surface area contributed by atoms with E-state index in [9.17, 15) is 9.59 Å². The van der Waals surface area contributed by atoms with Crippen LogP contribution in [0.2, 0.25) is 5.02 Å². The highest BCUT2D eigenvalue weighted by molar-refractivity contribution is 6.41. The van der Waals surface area contributed by atoms with Crippen molar-refractivity contribution in [3.63, 3.8) is 0 Å². The minimum absolute atomic E-state index is 0.0144. The van der Waals surface area contributed by atoms with Gasteiger partial charge in [-0.25, -0.2) is 4.79 Å². The zero-order valence-electron chi connectivity index (χ0n) is 12.0. The maximum absolute atomic E-state index is 12.0. The molecule has 3 aromatic rings. The van der Waals surface area contributed by atoms with Gasteiger partial charge < -0.3 is 4.74 Å². The van der Waals surface area contributed by atoms with E-state index in [1.165, 1.54) is 12.1 Å². The number of esters is 1. The van der Waals surface area contributed by atoms with Gasteiger partial charge in [-0.3, -0.25) is 9.78 Å². The predicted octanol–water partition coefficient (Wildman–Crippen LogP) is 3.81. The summed E-state index contributed by atoms with van der Waals surface area (Å²) >= 11 is 5.82. The SMILES string of the molecule is O=C(OCc1cccc2cccnc12)C(=O)c1cccc(Cl)c1. The first kappa shape index (κ1) is 15.2. The Kier molecular flexibility index (Phi) is 4.35. The van der Waals surface area contributed by atoms with Gasteiger partial charge >= 0.3 is 5.97 Å². The van der Waals surface area contributed by atoms with E-state index in [4.69, 9.17) is 16.3 Å². The monoisotopic (exact) mass is 325 g/mol. The van der Waals surface area contributed by atoms with E-state index in [0.29, 0.717) is 5.02 Å². The highest BCUT2D eigenvalue weighted by atomic mass is 35.5. The van der Waals surface area contributed by atoms with Gasteiger partial charge in [0.2, 0.25) is 0 Å². The molecule has 23 heavy (non-hydrogen) atoms. The number of hydrogen-bond donors (Lipinski definition) is 0. The zero-order chi connectivity index (χ0) is 16.2. The highest BCUT2D eigenvalue weighted by Gasteiger charge is 2.18. The van der Waals surface area contributed by atoms with Gasteiger partial charge in [-0.2, -0.15) is 0 Å². The molecule has 0 fully saturated rings. The average Bonchev–Trinajstić information content (AvgIpc) is 2.59. The number of rotatable bonds is 4. The van der Waals surface area contributed by atoms with Crippen molar-refractivity contribution < 1.29 is 14.3 Å². The van der Waals surface area contributed by atoms with Gasteiger partial charge in [0.1, 0.15) is 6.61 Å². The summed E-state index contributed by atoms with van der Waals surface area (Å²) in [6, 6.07) is 15.5. The van der Waals surface area contributed by atoms with Crippen LogP contribution in [0.15, 0.2) is 60.8 Å². The number of nitrogens with zero attached hydrogens (tertiary/aromatic N) is 1. The quantitative estimate of drug-likeness (QED) is 0.416. The number of Topliss-reactive ketones (excluding diaryl/α,β-unsaturated/α-hetero) is 1. The van der Waals surface area contributed by atoms with Crippen LogP contribution in [-0.4, -0.2) is 16.7 Å². The number of pyridine rings is 1. The van der Waals surface area contributed by atoms with E-state index in [1.807, 2.05) is 30.3 Å². The molecule has 0 aliphatic carbocycles. The topological polar surface area (TPSA) is 56.3 Å². The Morgan fingerprint density at radius 3 is 2.65 bits per heavy atom. The lowest BCUT2D eigenvalue weighted by atomic mass is 10.1. The lowest BCUT2D eigenvalue weighted by molar-refractivity contribution is -0.139. The Morgan fingerprint density at radius 1 is 1.04 bits per heavy atom. The predicted molar refractivity (Wildman–Crippen MR) is 87.3 cm³/mol. The van der Waals surface area contributed by atoms with Crippen LogP contribution in [0, 0.1) is 0 Å². The summed E-state index contributed by atoms with van der Waals surface area (Å²) < 4.78 is 5.12. The Balaban J connectivity index is 1.75. The third-order valence-electron chi connectivity index (χ3n) is 3.35. The van der Waals surface area contributed by atoms with E-state index in [1.54, 1.807) is 18.3 Å². The number of ketones is 1. The summed E-state index contributed by atoms with van der Waals surface area (Å²) in [6.07, 6.45) is 1.67. The summed E-state index contributed by atoms with van der Waals surface area (Å²) in [7, 11) is 0. The highest BCUT2D eigenvalue weighted by Crippen LogP contribution is 2.17. The van der Waals surface area contributed by atoms with Crippen LogP contribution in [0.3, 0.4) is 0 Å². The first-order chi connectivity index (χ1) is 11.1. The third-order valence-corrected chi connectivity index (χ3v) is 3.58. The molecular weight excluding hydrogens is 314 g/mol. The number of halogens is 1. The molecule has 1 aromatic heterocycles. The lowest BCUT2D eigenvalue weighted by Gasteiger charge is -2.07. The van der Waals surface area contributed by atoms with Gasteiger partial charge in [0.25, 0.3) is 5.78 Å². The van der Waals surface area contributed by atoms with Gasteiger partial charge in [-0.15, -0.1) is 0 Å². The average molecular weight is 326 g/mol. The van der Waals surface area contributed by atoms with Gasteiger partial charge in [0.15, 0.2) is 0 Å². The van der Waals surface area contributed by atoms with Crippen molar-refractivity contribution >= 4 is 34.3 Å². The number of aromatic nitrogens is 1. The molecule has 4 nitrogen and oxygen atoms in total. The molecule has 3 rings (SSSR count). The Morgan fingerprint density at radius 2 is 1.83 bits per heavy atom. The molecule has 0 aliphatic heterocycles. The van der Waals surface area contributed by atoms with Gasteiger partial charge in [0.05, 0.1) is 5.52 Å². The Labute approximate surface area is 137 Å². The second-order valence-corrected chi connectivity index (χ2v) is 5.34. The number of carbonyl (C=O) groups is 2. The summed E-state index contributed by atoms with van der Waals surface area (Å²) in [6.45, 7) is -0.0144. The van der Waals surface area contributed by atoms with Crippen molar-refractivity contribution in [1.82, 2.24) is 4.98 Å². The summed E-state index contributed by atoms with van der Waals surface area (Å²) in [5.41, 5.74) is 1.70. The first-order valence-electron chi connectivity index (χ1n) is 6.95. The van der Waals surface area contributed by atoms with Crippen LogP contribution < -0.4 is 0 Å². The molecular formula is C18H12ClNO3.